The van der Waals surface area contributed by atoms with Crippen LogP contribution in [0.2, 0.25) is 5.02 Å². The summed E-state index contributed by atoms with van der Waals surface area (Å²) in [5, 5.41) is 3.35. The Bertz CT molecular complexity index is 721. The SMILES string of the molecule is Cc1ccc(OCCNC(=O)COc2ccc(Cl)cc2Br)cc1C. The van der Waals surface area contributed by atoms with Crippen LogP contribution < -0.4 is 14.8 Å². The smallest absolute Gasteiger partial charge is 0.258 e. The summed E-state index contributed by atoms with van der Waals surface area (Å²) < 4.78 is 11.8. The predicted molar refractivity (Wildman–Crippen MR) is 99.1 cm³/mol. The number of nitrogens with one attached hydrogen (secondary N) is 1. The van der Waals surface area contributed by atoms with Crippen molar-refractivity contribution in [3.8, 4) is 11.5 Å². The van der Waals surface area contributed by atoms with Crippen molar-refractivity contribution in [2.75, 3.05) is 19.8 Å². The third kappa shape index (κ3) is 5.73. The lowest BCUT2D eigenvalue weighted by Gasteiger charge is -2.10. The third-order valence-corrected chi connectivity index (χ3v) is 4.28. The number of aryl methyl sites for hydroxylation is 2. The second-order valence-electron chi connectivity index (χ2n) is 5.31. The van der Waals surface area contributed by atoms with Crippen molar-refractivity contribution < 1.29 is 14.3 Å². The van der Waals surface area contributed by atoms with Crippen LogP contribution in [0.15, 0.2) is 40.9 Å². The van der Waals surface area contributed by atoms with Crippen LogP contribution >= 0.6 is 27.5 Å². The van der Waals surface area contributed by atoms with Gasteiger partial charge in [-0.05, 0) is 71.2 Å². The maximum absolute atomic E-state index is 11.8. The van der Waals surface area contributed by atoms with E-state index in [9.17, 15) is 4.79 Å². The standard InChI is InChI=1S/C18H19BrClNO3/c1-12-3-5-15(9-13(12)2)23-8-7-21-18(22)11-24-17-6-4-14(20)10-16(17)19/h3-6,9-10H,7-8,11H2,1-2H3,(H,21,22). The zero-order valence-electron chi connectivity index (χ0n) is 13.6. The summed E-state index contributed by atoms with van der Waals surface area (Å²) in [6, 6.07) is 11.1. The molecular formula is C18H19BrClNO3. The molecule has 0 bridgehead atoms. The fraction of sp³-hybridized carbons (Fsp3) is 0.278. The average Bonchev–Trinajstić information content (AvgIpc) is 2.54. The molecule has 0 atom stereocenters. The highest BCUT2D eigenvalue weighted by Crippen LogP contribution is 2.27. The zero-order valence-corrected chi connectivity index (χ0v) is 15.9. The molecule has 2 aromatic carbocycles. The Morgan fingerprint density at radius 1 is 1.12 bits per heavy atom. The number of rotatable bonds is 7. The Kier molecular flexibility index (Phi) is 6.94. The van der Waals surface area contributed by atoms with Crippen molar-refractivity contribution in [2.24, 2.45) is 0 Å². The van der Waals surface area contributed by atoms with Crippen LogP contribution in [0.3, 0.4) is 0 Å². The Balaban J connectivity index is 1.68. The van der Waals surface area contributed by atoms with Crippen molar-refractivity contribution in [3.05, 3.63) is 57.0 Å². The normalized spacial score (nSPS) is 10.3. The number of hydrogen-bond acceptors (Lipinski definition) is 3. The Hall–Kier alpha value is -1.72. The van der Waals surface area contributed by atoms with Gasteiger partial charge in [0, 0.05) is 5.02 Å². The minimum atomic E-state index is -0.208. The number of halogens is 2. The number of ether oxygens (including phenoxy) is 2. The second-order valence-corrected chi connectivity index (χ2v) is 6.60. The number of carbonyl (C=O) groups excluding carboxylic acids is 1. The lowest BCUT2D eigenvalue weighted by molar-refractivity contribution is -0.123. The molecule has 1 N–H and O–H groups in total. The van der Waals surface area contributed by atoms with E-state index in [0.29, 0.717) is 28.4 Å². The summed E-state index contributed by atoms with van der Waals surface area (Å²) in [6.45, 7) is 4.84. The van der Waals surface area contributed by atoms with Crippen LogP contribution in [0.25, 0.3) is 0 Å². The van der Waals surface area contributed by atoms with Crippen LogP contribution in [0.5, 0.6) is 11.5 Å². The molecular weight excluding hydrogens is 394 g/mol. The number of benzene rings is 2. The van der Waals surface area contributed by atoms with Gasteiger partial charge in [-0.15, -0.1) is 0 Å². The molecule has 0 unspecified atom stereocenters. The van der Waals surface area contributed by atoms with E-state index in [1.165, 1.54) is 11.1 Å². The van der Waals surface area contributed by atoms with Crippen molar-refractivity contribution >= 4 is 33.4 Å². The van der Waals surface area contributed by atoms with Gasteiger partial charge in [-0.1, -0.05) is 17.7 Å². The van der Waals surface area contributed by atoms with Gasteiger partial charge in [0.2, 0.25) is 0 Å². The van der Waals surface area contributed by atoms with E-state index >= 15 is 0 Å². The molecule has 0 aliphatic heterocycles. The van der Waals surface area contributed by atoms with Gasteiger partial charge in [0.1, 0.15) is 18.1 Å². The molecule has 6 heteroatoms. The summed E-state index contributed by atoms with van der Waals surface area (Å²) in [4.78, 5) is 11.8. The number of hydrogen-bond donors (Lipinski definition) is 1. The van der Waals surface area contributed by atoms with Crippen LogP contribution in [0, 0.1) is 13.8 Å². The molecule has 0 saturated heterocycles. The highest BCUT2D eigenvalue weighted by atomic mass is 79.9. The van der Waals surface area contributed by atoms with Crippen LogP contribution in [-0.4, -0.2) is 25.7 Å². The van der Waals surface area contributed by atoms with Crippen LogP contribution in [-0.2, 0) is 4.79 Å². The second kappa shape index (κ2) is 8.94. The Morgan fingerprint density at radius 2 is 1.92 bits per heavy atom. The molecule has 0 saturated carbocycles. The molecule has 0 aromatic heterocycles. The van der Waals surface area contributed by atoms with Gasteiger partial charge in [-0.3, -0.25) is 4.79 Å². The topological polar surface area (TPSA) is 47.6 Å². The summed E-state index contributed by atoms with van der Waals surface area (Å²) in [5.41, 5.74) is 2.40. The van der Waals surface area contributed by atoms with E-state index in [2.05, 4.69) is 28.2 Å². The highest BCUT2D eigenvalue weighted by molar-refractivity contribution is 9.10. The van der Waals surface area contributed by atoms with Crippen LogP contribution in [0.1, 0.15) is 11.1 Å². The molecule has 128 valence electrons. The van der Waals surface area contributed by atoms with Gasteiger partial charge in [0.25, 0.3) is 5.91 Å². The van der Waals surface area contributed by atoms with Crippen molar-refractivity contribution in [3.63, 3.8) is 0 Å². The van der Waals surface area contributed by atoms with Crippen LogP contribution in [0.4, 0.5) is 0 Å². The molecule has 2 aromatic rings. The lowest BCUT2D eigenvalue weighted by Crippen LogP contribution is -2.32. The molecule has 1 amide bonds. The van der Waals surface area contributed by atoms with Gasteiger partial charge >= 0.3 is 0 Å². The number of carbonyl (C=O) groups is 1. The third-order valence-electron chi connectivity index (χ3n) is 3.42. The maximum atomic E-state index is 11.8. The summed E-state index contributed by atoms with van der Waals surface area (Å²) in [7, 11) is 0. The summed E-state index contributed by atoms with van der Waals surface area (Å²) in [5.74, 6) is 1.16. The summed E-state index contributed by atoms with van der Waals surface area (Å²) in [6.07, 6.45) is 0. The fourth-order valence-electron chi connectivity index (χ4n) is 1.95. The Morgan fingerprint density at radius 3 is 2.62 bits per heavy atom. The van der Waals surface area contributed by atoms with Crippen molar-refractivity contribution in [1.82, 2.24) is 5.32 Å². The molecule has 0 aliphatic carbocycles. The highest BCUT2D eigenvalue weighted by Gasteiger charge is 2.06. The summed E-state index contributed by atoms with van der Waals surface area (Å²) >= 11 is 9.19. The average molecular weight is 413 g/mol. The largest absolute Gasteiger partial charge is 0.492 e. The van der Waals surface area contributed by atoms with E-state index in [4.69, 9.17) is 21.1 Å². The van der Waals surface area contributed by atoms with Gasteiger partial charge < -0.3 is 14.8 Å². The Labute approximate surface area is 155 Å². The molecule has 24 heavy (non-hydrogen) atoms. The first-order valence-electron chi connectivity index (χ1n) is 7.50. The van der Waals surface area contributed by atoms with Crippen molar-refractivity contribution in [1.29, 1.82) is 0 Å². The van der Waals surface area contributed by atoms with Crippen molar-refractivity contribution in [2.45, 2.75) is 13.8 Å². The quantitative estimate of drug-likeness (QED) is 0.690. The van der Waals surface area contributed by atoms with E-state index in [1.807, 2.05) is 25.1 Å². The number of amides is 1. The van der Waals surface area contributed by atoms with E-state index < -0.39 is 0 Å². The zero-order chi connectivity index (χ0) is 17.5. The molecule has 0 fully saturated rings. The molecule has 0 radical (unpaired) electrons. The van der Waals surface area contributed by atoms with Gasteiger partial charge in [0.15, 0.2) is 6.61 Å². The molecule has 4 nitrogen and oxygen atoms in total. The van der Waals surface area contributed by atoms with Gasteiger partial charge in [-0.2, -0.15) is 0 Å². The predicted octanol–water partition coefficient (Wildman–Crippen LogP) is 4.29. The maximum Gasteiger partial charge on any atom is 0.258 e. The van der Waals surface area contributed by atoms with E-state index in [1.54, 1.807) is 18.2 Å². The fourth-order valence-corrected chi connectivity index (χ4v) is 2.75. The molecule has 0 spiro atoms. The minimum Gasteiger partial charge on any atom is -0.492 e. The molecule has 2 rings (SSSR count). The molecule has 0 aliphatic rings. The lowest BCUT2D eigenvalue weighted by atomic mass is 10.1. The monoisotopic (exact) mass is 411 g/mol. The molecule has 0 heterocycles. The van der Waals surface area contributed by atoms with E-state index in [-0.39, 0.29) is 12.5 Å². The van der Waals surface area contributed by atoms with Gasteiger partial charge in [-0.25, -0.2) is 0 Å². The first-order valence-corrected chi connectivity index (χ1v) is 8.67. The first-order chi connectivity index (χ1) is 11.5. The van der Waals surface area contributed by atoms with Gasteiger partial charge in [0.05, 0.1) is 11.0 Å². The minimum absolute atomic E-state index is 0.0656. The van der Waals surface area contributed by atoms with E-state index in [0.717, 1.165) is 5.75 Å². The first kappa shape index (κ1) is 18.6.